The van der Waals surface area contributed by atoms with Crippen LogP contribution in [0.15, 0.2) is 6.07 Å². The molecule has 0 spiro atoms. The fraction of sp³-hybridized carbons (Fsp3) is 0.700. The van der Waals surface area contributed by atoms with Crippen LogP contribution in [0.5, 0.6) is 0 Å². The number of nitrogens with zero attached hydrogens (tertiary/aromatic N) is 2. The van der Waals surface area contributed by atoms with E-state index in [-0.39, 0.29) is 6.04 Å². The molecule has 1 aromatic heterocycles. The molecule has 1 atom stereocenters. The average molecular weight is 212 g/mol. The predicted octanol–water partition coefficient (Wildman–Crippen LogP) is 0.616. The molecule has 0 bridgehead atoms. The van der Waals surface area contributed by atoms with Crippen molar-refractivity contribution in [2.24, 2.45) is 5.84 Å². The van der Waals surface area contributed by atoms with E-state index < -0.39 is 0 Å². The van der Waals surface area contributed by atoms with Gasteiger partial charge in [-0.05, 0) is 19.4 Å². The van der Waals surface area contributed by atoms with Crippen molar-refractivity contribution in [1.29, 1.82) is 0 Å². The Morgan fingerprint density at radius 2 is 2.33 bits per heavy atom. The molecule has 0 aliphatic carbocycles. The zero-order valence-electron chi connectivity index (χ0n) is 9.66. The van der Waals surface area contributed by atoms with Gasteiger partial charge in [0.05, 0.1) is 24.0 Å². The molecular formula is C10H20N4O. The summed E-state index contributed by atoms with van der Waals surface area (Å²) in [6, 6.07) is 2.08. The number of hydrazine groups is 1. The zero-order valence-corrected chi connectivity index (χ0v) is 9.66. The molecule has 5 heteroatoms. The van der Waals surface area contributed by atoms with Gasteiger partial charge in [-0.3, -0.25) is 10.5 Å². The second-order valence-electron chi connectivity index (χ2n) is 3.40. The van der Waals surface area contributed by atoms with E-state index in [0.29, 0.717) is 6.61 Å². The first-order valence-corrected chi connectivity index (χ1v) is 5.28. The number of nitrogens with one attached hydrogen (secondary N) is 1. The highest BCUT2D eigenvalue weighted by Gasteiger charge is 2.15. The minimum Gasteiger partial charge on any atom is -0.383 e. The van der Waals surface area contributed by atoms with Gasteiger partial charge >= 0.3 is 0 Å². The Balaban J connectivity index is 2.93. The molecule has 1 heterocycles. The summed E-state index contributed by atoms with van der Waals surface area (Å²) in [5.41, 5.74) is 4.91. The Labute approximate surface area is 90.6 Å². The van der Waals surface area contributed by atoms with Crippen LogP contribution in [0.1, 0.15) is 31.3 Å². The van der Waals surface area contributed by atoms with Crippen LogP contribution in [0, 0.1) is 0 Å². The van der Waals surface area contributed by atoms with E-state index in [0.717, 1.165) is 24.4 Å². The van der Waals surface area contributed by atoms with Gasteiger partial charge in [-0.25, -0.2) is 5.43 Å². The molecule has 0 amide bonds. The molecule has 5 nitrogen and oxygen atoms in total. The normalized spacial score (nSPS) is 13.1. The Hall–Kier alpha value is -0.910. The molecule has 0 aliphatic heterocycles. The average Bonchev–Trinajstić information content (AvgIpc) is 2.68. The Kier molecular flexibility index (Phi) is 4.74. The van der Waals surface area contributed by atoms with Gasteiger partial charge in [0.25, 0.3) is 0 Å². The summed E-state index contributed by atoms with van der Waals surface area (Å²) in [5, 5.41) is 4.46. The first-order chi connectivity index (χ1) is 7.26. The van der Waals surface area contributed by atoms with E-state index in [1.807, 2.05) is 4.68 Å². The van der Waals surface area contributed by atoms with Crippen LogP contribution in [0.2, 0.25) is 0 Å². The van der Waals surface area contributed by atoms with Gasteiger partial charge in [-0.1, -0.05) is 6.92 Å². The van der Waals surface area contributed by atoms with Crippen LogP contribution in [0.25, 0.3) is 0 Å². The summed E-state index contributed by atoms with van der Waals surface area (Å²) < 4.78 is 7.07. The summed E-state index contributed by atoms with van der Waals surface area (Å²) in [5.74, 6) is 5.49. The third kappa shape index (κ3) is 2.77. The van der Waals surface area contributed by atoms with Gasteiger partial charge < -0.3 is 4.74 Å². The van der Waals surface area contributed by atoms with Gasteiger partial charge in [0, 0.05) is 13.7 Å². The fourth-order valence-corrected chi connectivity index (χ4v) is 1.58. The number of ether oxygens (including phenoxy) is 1. The second kappa shape index (κ2) is 5.85. The van der Waals surface area contributed by atoms with Crippen molar-refractivity contribution in [3.63, 3.8) is 0 Å². The van der Waals surface area contributed by atoms with Gasteiger partial charge in [0.15, 0.2) is 0 Å². The van der Waals surface area contributed by atoms with E-state index in [4.69, 9.17) is 10.6 Å². The first kappa shape index (κ1) is 12.2. The van der Waals surface area contributed by atoms with Crippen LogP contribution < -0.4 is 11.3 Å². The van der Waals surface area contributed by atoms with Crippen LogP contribution in [0.4, 0.5) is 0 Å². The lowest BCUT2D eigenvalue weighted by atomic mass is 10.2. The van der Waals surface area contributed by atoms with Gasteiger partial charge in [0.2, 0.25) is 0 Å². The highest BCUT2D eigenvalue weighted by atomic mass is 16.5. The molecule has 0 aromatic carbocycles. The highest BCUT2D eigenvalue weighted by Crippen LogP contribution is 2.14. The summed E-state index contributed by atoms with van der Waals surface area (Å²) in [6.07, 6.45) is 0.935. The number of hydrogen-bond donors (Lipinski definition) is 2. The number of methoxy groups -OCH3 is 1. The summed E-state index contributed by atoms with van der Waals surface area (Å²) in [4.78, 5) is 0. The molecule has 0 saturated heterocycles. The standard InChI is InChI=1S/C10H20N4O/c1-4-8-6-10(14(5-2)13-8)9(12-11)7-15-3/h6,9,12H,4-5,7,11H2,1-3H3. The molecule has 0 saturated carbocycles. The third-order valence-electron chi connectivity index (χ3n) is 2.42. The SMILES string of the molecule is CCc1cc(C(COC)NN)n(CC)n1. The van der Waals surface area contributed by atoms with Crippen molar-refractivity contribution < 1.29 is 4.74 Å². The number of aryl methyl sites for hydroxylation is 2. The van der Waals surface area contributed by atoms with E-state index >= 15 is 0 Å². The van der Waals surface area contributed by atoms with Crippen LogP contribution in [-0.4, -0.2) is 23.5 Å². The zero-order chi connectivity index (χ0) is 11.3. The quantitative estimate of drug-likeness (QED) is 0.536. The Morgan fingerprint density at radius 3 is 2.80 bits per heavy atom. The number of nitrogens with two attached hydrogens (primary N) is 1. The molecule has 1 aromatic rings. The van der Waals surface area contributed by atoms with Crippen molar-refractivity contribution >= 4 is 0 Å². The minimum atomic E-state index is 0.00255. The van der Waals surface area contributed by atoms with Gasteiger partial charge in [-0.2, -0.15) is 5.10 Å². The van der Waals surface area contributed by atoms with E-state index in [2.05, 4.69) is 30.4 Å². The second-order valence-corrected chi connectivity index (χ2v) is 3.40. The molecule has 0 radical (unpaired) electrons. The summed E-state index contributed by atoms with van der Waals surface area (Å²) >= 11 is 0. The van der Waals surface area contributed by atoms with E-state index in [9.17, 15) is 0 Å². The van der Waals surface area contributed by atoms with Crippen LogP contribution in [0.3, 0.4) is 0 Å². The molecule has 86 valence electrons. The lowest BCUT2D eigenvalue weighted by Gasteiger charge is -2.15. The smallest absolute Gasteiger partial charge is 0.0862 e. The molecule has 0 fully saturated rings. The molecule has 0 aliphatic rings. The summed E-state index contributed by atoms with van der Waals surface area (Å²) in [7, 11) is 1.66. The van der Waals surface area contributed by atoms with E-state index in [1.165, 1.54) is 0 Å². The monoisotopic (exact) mass is 212 g/mol. The van der Waals surface area contributed by atoms with Crippen LogP contribution >= 0.6 is 0 Å². The number of rotatable bonds is 6. The molecule has 3 N–H and O–H groups in total. The number of aromatic nitrogens is 2. The lowest BCUT2D eigenvalue weighted by Crippen LogP contribution is -2.32. The van der Waals surface area contributed by atoms with Gasteiger partial charge in [0.1, 0.15) is 0 Å². The maximum absolute atomic E-state index is 5.49. The lowest BCUT2D eigenvalue weighted by molar-refractivity contribution is 0.163. The largest absolute Gasteiger partial charge is 0.383 e. The van der Waals surface area contributed by atoms with E-state index in [1.54, 1.807) is 7.11 Å². The third-order valence-corrected chi connectivity index (χ3v) is 2.42. The highest BCUT2D eigenvalue weighted by molar-refractivity contribution is 5.14. The maximum Gasteiger partial charge on any atom is 0.0862 e. The fourth-order valence-electron chi connectivity index (χ4n) is 1.58. The van der Waals surface area contributed by atoms with Crippen molar-refractivity contribution in [1.82, 2.24) is 15.2 Å². The minimum absolute atomic E-state index is 0.00255. The molecular weight excluding hydrogens is 192 g/mol. The topological polar surface area (TPSA) is 65.1 Å². The summed E-state index contributed by atoms with van der Waals surface area (Å²) in [6.45, 7) is 5.55. The van der Waals surface area contributed by atoms with Crippen molar-refractivity contribution in [2.75, 3.05) is 13.7 Å². The van der Waals surface area contributed by atoms with Gasteiger partial charge in [-0.15, -0.1) is 0 Å². The molecule has 15 heavy (non-hydrogen) atoms. The maximum atomic E-state index is 5.49. The van der Waals surface area contributed by atoms with Crippen molar-refractivity contribution in [2.45, 2.75) is 32.9 Å². The first-order valence-electron chi connectivity index (χ1n) is 5.28. The van der Waals surface area contributed by atoms with Crippen molar-refractivity contribution in [3.8, 4) is 0 Å². The predicted molar refractivity (Wildman–Crippen MR) is 59.2 cm³/mol. The molecule has 1 unspecified atom stereocenters. The Morgan fingerprint density at radius 1 is 1.60 bits per heavy atom. The molecule has 1 rings (SSSR count). The van der Waals surface area contributed by atoms with Crippen molar-refractivity contribution in [3.05, 3.63) is 17.5 Å². The van der Waals surface area contributed by atoms with Crippen LogP contribution in [-0.2, 0) is 17.7 Å². The Bertz CT molecular complexity index is 298. The number of hydrogen-bond acceptors (Lipinski definition) is 4.